The number of nitrogens with one attached hydrogen (secondary N) is 1. The first-order valence-corrected chi connectivity index (χ1v) is 9.78. The molecule has 32 heavy (non-hydrogen) atoms. The average Bonchev–Trinajstić information content (AvgIpc) is 3.38. The molecule has 15 heteroatoms. The molecule has 5 N–H and O–H groups in total. The molecule has 0 bridgehead atoms. The monoisotopic (exact) mass is 441 g/mol. The van der Waals surface area contributed by atoms with Gasteiger partial charge >= 0.3 is 13.1 Å². The molecule has 3 aromatic rings. The number of rotatable bonds is 8. The molecule has 0 saturated heterocycles. The van der Waals surface area contributed by atoms with Crippen LogP contribution < -0.4 is 15.7 Å². The molecule has 3 heterocycles. The van der Waals surface area contributed by atoms with Crippen LogP contribution in [0.3, 0.4) is 0 Å². The van der Waals surface area contributed by atoms with Crippen LogP contribution in [-0.4, -0.2) is 76.8 Å². The number of carbonyl (C=O) groups is 2. The first kappa shape index (κ1) is 21.4. The fourth-order valence-corrected chi connectivity index (χ4v) is 3.33. The van der Waals surface area contributed by atoms with Crippen molar-refractivity contribution in [1.82, 2.24) is 40.5 Å². The Labute approximate surface area is 181 Å². The number of amides is 1. The van der Waals surface area contributed by atoms with Crippen molar-refractivity contribution < 1.29 is 24.4 Å². The van der Waals surface area contributed by atoms with Gasteiger partial charge in [-0.2, -0.15) is 4.80 Å². The predicted molar refractivity (Wildman–Crippen MR) is 107 cm³/mol. The van der Waals surface area contributed by atoms with Gasteiger partial charge < -0.3 is 25.8 Å². The number of nitrogens with zero attached hydrogens (tertiary/aromatic N) is 7. The van der Waals surface area contributed by atoms with E-state index in [1.807, 2.05) is 0 Å². The minimum absolute atomic E-state index is 0.0461. The number of benzene rings is 1. The summed E-state index contributed by atoms with van der Waals surface area (Å²) in [6.45, 7) is 1.22. The molecule has 1 aliphatic rings. The molecule has 0 spiro atoms. The number of hydrogen-bond acceptors (Lipinski definition) is 10. The Bertz CT molecular complexity index is 1130. The molecule has 166 valence electrons. The number of aromatic carboxylic acids is 1. The fraction of sp³-hybridized carbons (Fsp3) is 0.353. The average molecular weight is 441 g/mol. The molecule has 0 fully saturated rings. The molecular formula is C17H20BN9O5. The van der Waals surface area contributed by atoms with Gasteiger partial charge in [0.15, 0.2) is 5.82 Å². The Morgan fingerprint density at radius 3 is 2.94 bits per heavy atom. The zero-order valence-corrected chi connectivity index (χ0v) is 16.8. The van der Waals surface area contributed by atoms with Crippen molar-refractivity contribution in [2.75, 3.05) is 6.54 Å². The maximum Gasteiger partial charge on any atom is 0.547 e. The van der Waals surface area contributed by atoms with E-state index in [4.69, 9.17) is 10.4 Å². The third-order valence-electron chi connectivity index (χ3n) is 4.76. The minimum atomic E-state index is -1.40. The summed E-state index contributed by atoms with van der Waals surface area (Å²) in [5.74, 6) is -2.06. The van der Waals surface area contributed by atoms with Gasteiger partial charge in [0.25, 0.3) is 0 Å². The molecule has 0 radical (unpaired) electrons. The number of nitrogens with two attached hydrogens (primary N) is 1. The van der Waals surface area contributed by atoms with Crippen molar-refractivity contribution in [2.45, 2.75) is 31.9 Å². The van der Waals surface area contributed by atoms with Crippen LogP contribution in [0.1, 0.15) is 27.4 Å². The van der Waals surface area contributed by atoms with E-state index in [2.05, 4.69) is 31.0 Å². The van der Waals surface area contributed by atoms with Crippen molar-refractivity contribution in [3.63, 3.8) is 0 Å². The summed E-state index contributed by atoms with van der Waals surface area (Å²) >= 11 is 0. The Kier molecular flexibility index (Phi) is 6.09. The topological polar surface area (TPSA) is 196 Å². The van der Waals surface area contributed by atoms with Crippen molar-refractivity contribution in [3.05, 3.63) is 47.0 Å². The van der Waals surface area contributed by atoms with Gasteiger partial charge in [-0.15, -0.1) is 15.3 Å². The number of fused-ring (bicyclic) bond motifs is 1. The first-order valence-electron chi connectivity index (χ1n) is 9.78. The van der Waals surface area contributed by atoms with Gasteiger partial charge in [0.1, 0.15) is 18.0 Å². The number of carboxylic acid groups (broad SMARTS) is 1. The third kappa shape index (κ3) is 4.73. The summed E-state index contributed by atoms with van der Waals surface area (Å²) in [4.78, 5) is 25.0. The van der Waals surface area contributed by atoms with Crippen LogP contribution in [-0.2, 0) is 30.7 Å². The van der Waals surface area contributed by atoms with Gasteiger partial charge in [-0.1, -0.05) is 17.3 Å². The van der Waals surface area contributed by atoms with Crippen molar-refractivity contribution in [1.29, 1.82) is 0 Å². The van der Waals surface area contributed by atoms with Crippen LogP contribution in [0.4, 0.5) is 0 Å². The van der Waals surface area contributed by atoms with Gasteiger partial charge in [-0.3, -0.25) is 9.48 Å². The summed E-state index contributed by atoms with van der Waals surface area (Å²) in [6, 6.07) is 4.66. The van der Waals surface area contributed by atoms with E-state index >= 15 is 0 Å². The maximum atomic E-state index is 12.4. The Morgan fingerprint density at radius 1 is 1.31 bits per heavy atom. The lowest BCUT2D eigenvalue weighted by molar-refractivity contribution is -0.121. The highest BCUT2D eigenvalue weighted by Gasteiger charge is 2.37. The molecule has 1 aliphatic heterocycles. The molecular weight excluding hydrogens is 421 g/mol. The highest BCUT2D eigenvalue weighted by molar-refractivity contribution is 6.47. The lowest BCUT2D eigenvalue weighted by Crippen LogP contribution is -2.53. The van der Waals surface area contributed by atoms with Crippen LogP contribution in [0.15, 0.2) is 24.4 Å². The van der Waals surface area contributed by atoms with Crippen LogP contribution in [0.5, 0.6) is 5.75 Å². The highest BCUT2D eigenvalue weighted by atomic mass is 16.5. The van der Waals surface area contributed by atoms with Crippen molar-refractivity contribution in [3.8, 4) is 5.75 Å². The number of para-hydroxylation sites is 1. The quantitative estimate of drug-likeness (QED) is 0.273. The summed E-state index contributed by atoms with van der Waals surface area (Å²) in [5, 5.41) is 42.0. The molecule has 1 aromatic carbocycles. The summed E-state index contributed by atoms with van der Waals surface area (Å²) < 4.78 is 6.97. The number of hydrogen-bond donors (Lipinski definition) is 4. The van der Waals surface area contributed by atoms with Gasteiger partial charge in [0, 0.05) is 6.54 Å². The van der Waals surface area contributed by atoms with Crippen LogP contribution >= 0.6 is 0 Å². The molecule has 0 aliphatic carbocycles. The van der Waals surface area contributed by atoms with Crippen LogP contribution in [0.25, 0.3) is 0 Å². The number of tetrazole rings is 1. The standard InChI is InChI=1S/C17H20BN9O5/c19-4-5-26-8-11(21-24-26)9-27-23-14(22-25-27)7-15(28)20-13-6-10-2-1-3-12(17(29)30)16(10)32-18(13)31/h1-3,8,13,31H,4-7,9,19H2,(H,20,28)(H,29,30)/t13-/m0/s1. The van der Waals surface area contributed by atoms with E-state index in [1.165, 1.54) is 10.9 Å². The van der Waals surface area contributed by atoms with Crippen LogP contribution in [0, 0.1) is 0 Å². The van der Waals surface area contributed by atoms with Gasteiger partial charge in [0.2, 0.25) is 5.91 Å². The van der Waals surface area contributed by atoms with Crippen LogP contribution in [0.2, 0.25) is 0 Å². The summed E-state index contributed by atoms with van der Waals surface area (Å²) in [7, 11) is -1.40. The second-order valence-electron chi connectivity index (χ2n) is 7.16. The van der Waals surface area contributed by atoms with Crippen molar-refractivity contribution >= 4 is 19.0 Å². The molecule has 0 unspecified atom stereocenters. The number of carboxylic acids is 1. The highest BCUT2D eigenvalue weighted by Crippen LogP contribution is 2.30. The Morgan fingerprint density at radius 2 is 2.16 bits per heavy atom. The zero-order valence-electron chi connectivity index (χ0n) is 16.8. The minimum Gasteiger partial charge on any atom is -0.534 e. The number of aromatic nitrogens is 7. The SMILES string of the molecule is NCCn1cc(Cn2nnc(CC(=O)N[C@H]3Cc4cccc(C(=O)O)c4OB3O)n2)nn1. The molecule has 4 rings (SSSR count). The fourth-order valence-electron chi connectivity index (χ4n) is 3.33. The van der Waals surface area contributed by atoms with E-state index in [9.17, 15) is 19.7 Å². The Balaban J connectivity index is 1.35. The normalized spacial score (nSPS) is 15.2. The van der Waals surface area contributed by atoms with Gasteiger partial charge in [0.05, 0.1) is 30.7 Å². The van der Waals surface area contributed by atoms with Gasteiger partial charge in [-0.05, 0) is 23.3 Å². The van der Waals surface area contributed by atoms with E-state index in [0.717, 1.165) is 0 Å². The van der Waals surface area contributed by atoms with Crippen molar-refractivity contribution in [2.24, 2.45) is 5.73 Å². The molecule has 14 nitrogen and oxygen atoms in total. The maximum absolute atomic E-state index is 12.4. The molecule has 1 amide bonds. The lowest BCUT2D eigenvalue weighted by Gasteiger charge is -2.28. The van der Waals surface area contributed by atoms with E-state index < -0.39 is 24.9 Å². The van der Waals surface area contributed by atoms with E-state index in [1.54, 1.807) is 23.0 Å². The molecule has 0 saturated carbocycles. The van der Waals surface area contributed by atoms with E-state index in [0.29, 0.717) is 24.3 Å². The summed E-state index contributed by atoms with van der Waals surface area (Å²) in [6.07, 6.45) is 1.77. The molecule has 1 atom stereocenters. The van der Waals surface area contributed by atoms with E-state index in [-0.39, 0.29) is 36.5 Å². The van der Waals surface area contributed by atoms with Gasteiger partial charge in [-0.25, -0.2) is 4.79 Å². The third-order valence-corrected chi connectivity index (χ3v) is 4.76. The largest absolute Gasteiger partial charge is 0.547 e. The first-order chi connectivity index (χ1) is 15.4. The predicted octanol–water partition coefficient (Wildman–Crippen LogP) is -2.35. The molecule has 2 aromatic heterocycles. The lowest BCUT2D eigenvalue weighted by atomic mass is 9.72. The zero-order chi connectivity index (χ0) is 22.7. The summed E-state index contributed by atoms with van der Waals surface area (Å²) in [5.41, 5.74) is 6.63. The Hall–Kier alpha value is -3.85. The second kappa shape index (κ2) is 9.11. The second-order valence-corrected chi connectivity index (χ2v) is 7.16. The number of carbonyl (C=O) groups excluding carboxylic acids is 1. The smallest absolute Gasteiger partial charge is 0.534 e.